The van der Waals surface area contributed by atoms with Crippen LogP contribution in [0.25, 0.3) is 22.6 Å². The molecular formula is C34H44N10OS. The molecule has 5 atom stereocenters. The van der Waals surface area contributed by atoms with Crippen molar-refractivity contribution in [1.29, 1.82) is 5.26 Å². The van der Waals surface area contributed by atoms with Crippen LogP contribution in [0.1, 0.15) is 98.6 Å². The predicted octanol–water partition coefficient (Wildman–Crippen LogP) is 5.17. The Morgan fingerprint density at radius 2 is 2.00 bits per heavy atom. The first-order chi connectivity index (χ1) is 22.3. The average molecular weight is 641 g/mol. The highest BCUT2D eigenvalue weighted by Crippen LogP contribution is 2.55. The second-order valence-electron chi connectivity index (χ2n) is 14.1. The van der Waals surface area contributed by atoms with Crippen LogP contribution in [-0.4, -0.2) is 68.6 Å². The third-order valence-corrected chi connectivity index (χ3v) is 12.7. The Morgan fingerprint density at radius 3 is 2.76 bits per heavy atom. The maximum Gasteiger partial charge on any atom is 0.186 e. The van der Waals surface area contributed by atoms with Crippen LogP contribution in [-0.2, 0) is 18.3 Å². The Bertz CT molecular complexity index is 1830. The molecule has 4 aromatic heterocycles. The number of hydrogen-bond donors (Lipinski definition) is 2. The molecule has 0 bridgehead atoms. The monoisotopic (exact) mass is 640 g/mol. The molecule has 0 amide bonds. The zero-order valence-electron chi connectivity index (χ0n) is 27.1. The molecule has 11 nitrogen and oxygen atoms in total. The lowest BCUT2D eigenvalue weighted by molar-refractivity contribution is 0.232. The van der Waals surface area contributed by atoms with Gasteiger partial charge in [0.1, 0.15) is 16.9 Å². The molecule has 46 heavy (non-hydrogen) atoms. The van der Waals surface area contributed by atoms with E-state index in [1.807, 2.05) is 6.20 Å². The fourth-order valence-corrected chi connectivity index (χ4v) is 10.3. The third-order valence-electron chi connectivity index (χ3n) is 11.6. The van der Waals surface area contributed by atoms with E-state index in [1.54, 1.807) is 11.3 Å². The molecule has 2 saturated heterocycles. The number of anilines is 2. The average Bonchev–Trinajstić information content (AvgIpc) is 3.86. The number of nitrogens with zero attached hydrogens (tertiary/aromatic N) is 8. The number of nitrogens with two attached hydrogens (primary N) is 2. The van der Waals surface area contributed by atoms with Gasteiger partial charge in [0.05, 0.1) is 28.6 Å². The van der Waals surface area contributed by atoms with Crippen LogP contribution >= 0.6 is 11.3 Å². The summed E-state index contributed by atoms with van der Waals surface area (Å²) in [6, 6.07) is 3.18. The lowest BCUT2D eigenvalue weighted by Crippen LogP contribution is -2.47. The van der Waals surface area contributed by atoms with Crippen molar-refractivity contribution < 1.29 is 4.52 Å². The first kappa shape index (κ1) is 29.8. The largest absolute Gasteiger partial charge is 0.389 e. The van der Waals surface area contributed by atoms with Crippen LogP contribution in [0.4, 0.5) is 10.8 Å². The predicted molar refractivity (Wildman–Crippen MR) is 180 cm³/mol. The van der Waals surface area contributed by atoms with Crippen molar-refractivity contribution in [1.82, 2.24) is 29.8 Å². The van der Waals surface area contributed by atoms with Crippen molar-refractivity contribution in [3.8, 4) is 17.6 Å². The summed E-state index contributed by atoms with van der Waals surface area (Å²) in [5.41, 5.74) is 16.9. The van der Waals surface area contributed by atoms with E-state index in [9.17, 15) is 5.26 Å². The number of likely N-dealkylation sites (N-methyl/N-ethyl adjacent to an activating group) is 1. The standard InChI is InChI=1S/C34H44N10OS/c1-4-20-18-43(15-11-24(20)36)32-23-17-38-44(19(2)25-9-7-14-42(25)3)33(23)40-31(39-32)28-21-8-5-12-34(29(21)45-41-28)13-6-10-26-27(34)22(16-35)30(37)46-26/h17,19-20,24-25H,4-15,18,36-37H2,1-3H3/t19-,20+,24+,25-,34-/m0/s1. The quantitative estimate of drug-likeness (QED) is 0.299. The Balaban J connectivity index is 1.29. The van der Waals surface area contributed by atoms with Gasteiger partial charge in [0.2, 0.25) is 0 Å². The second kappa shape index (κ2) is 11.3. The minimum atomic E-state index is -0.390. The Morgan fingerprint density at radius 1 is 1.17 bits per heavy atom. The molecule has 0 unspecified atom stereocenters. The second-order valence-corrected chi connectivity index (χ2v) is 15.2. The Hall–Kier alpha value is -3.53. The lowest BCUT2D eigenvalue weighted by Gasteiger charge is -2.39. The van der Waals surface area contributed by atoms with E-state index in [-0.39, 0.29) is 17.5 Å². The van der Waals surface area contributed by atoms with Gasteiger partial charge in [-0.3, -0.25) is 0 Å². The molecular weight excluding hydrogens is 597 g/mol. The highest BCUT2D eigenvalue weighted by molar-refractivity contribution is 7.16. The fourth-order valence-electron chi connectivity index (χ4n) is 9.16. The number of fused-ring (bicyclic) bond motifs is 5. The van der Waals surface area contributed by atoms with Crippen LogP contribution in [0.15, 0.2) is 10.7 Å². The zero-order chi connectivity index (χ0) is 31.7. The smallest absolute Gasteiger partial charge is 0.186 e. The molecule has 4 aromatic rings. The normalized spacial score (nSPS) is 27.2. The molecule has 1 spiro atoms. The summed E-state index contributed by atoms with van der Waals surface area (Å²) >= 11 is 1.56. The van der Waals surface area contributed by atoms with Crippen molar-refractivity contribution in [2.75, 3.05) is 37.3 Å². The molecule has 0 saturated carbocycles. The zero-order valence-corrected chi connectivity index (χ0v) is 27.9. The summed E-state index contributed by atoms with van der Waals surface area (Å²) in [6.07, 6.45) is 11.9. The van der Waals surface area contributed by atoms with E-state index >= 15 is 0 Å². The first-order valence-corrected chi connectivity index (χ1v) is 17.9. The fraction of sp³-hybridized carbons (Fsp3) is 0.618. The molecule has 0 aromatic carbocycles. The van der Waals surface area contributed by atoms with E-state index in [0.717, 1.165) is 111 Å². The maximum atomic E-state index is 10.1. The summed E-state index contributed by atoms with van der Waals surface area (Å²) in [7, 11) is 2.21. The first-order valence-electron chi connectivity index (χ1n) is 17.1. The van der Waals surface area contributed by atoms with Crippen LogP contribution in [0.3, 0.4) is 0 Å². The number of nitriles is 1. The molecule has 2 aliphatic carbocycles. The van der Waals surface area contributed by atoms with Crippen LogP contribution < -0.4 is 16.4 Å². The van der Waals surface area contributed by atoms with Crippen LogP contribution in [0, 0.1) is 17.2 Å². The van der Waals surface area contributed by atoms with Gasteiger partial charge in [-0.2, -0.15) is 10.4 Å². The van der Waals surface area contributed by atoms with Gasteiger partial charge in [-0.1, -0.05) is 18.5 Å². The van der Waals surface area contributed by atoms with Crippen molar-refractivity contribution >= 4 is 33.2 Å². The van der Waals surface area contributed by atoms with Crippen molar-refractivity contribution in [3.63, 3.8) is 0 Å². The van der Waals surface area contributed by atoms with E-state index in [4.69, 9.17) is 36.2 Å². The van der Waals surface area contributed by atoms with Gasteiger partial charge in [0.25, 0.3) is 0 Å². The topological polar surface area (TPSA) is 152 Å². The van der Waals surface area contributed by atoms with Crippen molar-refractivity contribution in [2.24, 2.45) is 11.7 Å². The number of thiophene rings is 1. The van der Waals surface area contributed by atoms with Crippen LogP contribution in [0.2, 0.25) is 0 Å². The van der Waals surface area contributed by atoms with Gasteiger partial charge < -0.3 is 25.8 Å². The molecule has 6 heterocycles. The lowest BCUT2D eigenvalue weighted by atomic mass is 9.63. The summed E-state index contributed by atoms with van der Waals surface area (Å²) in [6.45, 7) is 7.28. The Labute approximate surface area is 273 Å². The third kappa shape index (κ3) is 4.42. The molecule has 12 heteroatoms. The number of aryl methyl sites for hydroxylation is 1. The number of aromatic nitrogens is 5. The van der Waals surface area contributed by atoms with Gasteiger partial charge in [0.15, 0.2) is 22.9 Å². The van der Waals surface area contributed by atoms with Crippen molar-refractivity contribution in [2.45, 2.75) is 102 Å². The highest BCUT2D eigenvalue weighted by Gasteiger charge is 2.49. The van der Waals surface area contributed by atoms with Crippen LogP contribution in [0.5, 0.6) is 0 Å². The van der Waals surface area contributed by atoms with E-state index in [1.165, 1.54) is 11.3 Å². The van der Waals surface area contributed by atoms with E-state index < -0.39 is 0 Å². The maximum absolute atomic E-state index is 10.1. The molecule has 8 rings (SSSR count). The molecule has 2 aliphatic heterocycles. The van der Waals surface area contributed by atoms with E-state index in [2.05, 4.69) is 41.4 Å². The van der Waals surface area contributed by atoms with Gasteiger partial charge in [-0.15, -0.1) is 11.3 Å². The summed E-state index contributed by atoms with van der Waals surface area (Å²) in [5, 5.41) is 21.4. The van der Waals surface area contributed by atoms with Gasteiger partial charge in [0, 0.05) is 35.6 Å². The number of nitrogen functional groups attached to an aromatic ring is 1. The van der Waals surface area contributed by atoms with Gasteiger partial charge >= 0.3 is 0 Å². The molecule has 242 valence electrons. The molecule has 0 radical (unpaired) electrons. The SMILES string of the molecule is CC[C@@H]1CN(c2nc(-c3noc4c3CCC[C@@]43CCCc4sc(N)c(C#N)c43)nc3c2cnn3[C@@H](C)[C@@H]2CCCN2C)CC[C@H]1N. The van der Waals surface area contributed by atoms with E-state index in [0.29, 0.717) is 34.0 Å². The number of piperidine rings is 1. The minimum absolute atomic E-state index is 0.155. The van der Waals surface area contributed by atoms with Crippen molar-refractivity contribution in [3.05, 3.63) is 33.5 Å². The molecule has 4 aliphatic rings. The summed E-state index contributed by atoms with van der Waals surface area (Å²) in [4.78, 5) is 16.6. The summed E-state index contributed by atoms with van der Waals surface area (Å²) in [5.74, 6) is 2.76. The number of rotatable bonds is 5. The highest BCUT2D eigenvalue weighted by atomic mass is 32.1. The molecule has 2 fully saturated rings. The Kier molecular flexibility index (Phi) is 7.34. The minimum Gasteiger partial charge on any atom is -0.389 e. The van der Waals surface area contributed by atoms with Gasteiger partial charge in [-0.05, 0) is 89.8 Å². The number of likely N-dealkylation sites (tertiary alicyclic amines) is 1. The molecule has 4 N–H and O–H groups in total. The van der Waals surface area contributed by atoms with Gasteiger partial charge in [-0.25, -0.2) is 14.6 Å². The summed E-state index contributed by atoms with van der Waals surface area (Å²) < 4.78 is 8.48. The number of hydrogen-bond acceptors (Lipinski definition) is 11.